The lowest BCUT2D eigenvalue weighted by Gasteiger charge is -2.14. The molecule has 7 nitrogen and oxygen atoms in total. The number of aryl methyl sites for hydroxylation is 1. The molecule has 0 unspecified atom stereocenters. The molecule has 31 heavy (non-hydrogen) atoms. The van der Waals surface area contributed by atoms with Crippen LogP contribution in [-0.4, -0.2) is 31.8 Å². The maximum Gasteiger partial charge on any atom is 0.271 e. The van der Waals surface area contributed by atoms with Gasteiger partial charge in [-0.15, -0.1) is 0 Å². The van der Waals surface area contributed by atoms with Crippen molar-refractivity contribution in [3.63, 3.8) is 0 Å². The Morgan fingerprint density at radius 1 is 1.19 bits per heavy atom. The standard InChI is InChI=1S/C22H20Cl2N6O/c1-13-17(11-25)20(16-6-5-14(23)10-18(16)24)30-12-19(29-22(30)28-13)21(31)27-9-7-15-4-2-3-8-26-15/h2-6,8,10,12H,7,9,11,25H2,1H3,(H,27,31). The van der Waals surface area contributed by atoms with Crippen LogP contribution in [0.4, 0.5) is 0 Å². The molecule has 4 rings (SSSR count). The van der Waals surface area contributed by atoms with Crippen LogP contribution in [0.15, 0.2) is 48.8 Å². The van der Waals surface area contributed by atoms with E-state index in [1.54, 1.807) is 28.9 Å². The normalized spacial score (nSPS) is 11.1. The van der Waals surface area contributed by atoms with Crippen molar-refractivity contribution in [2.24, 2.45) is 5.73 Å². The lowest BCUT2D eigenvalue weighted by molar-refractivity contribution is 0.0949. The summed E-state index contributed by atoms with van der Waals surface area (Å²) in [5.41, 5.74) is 10.2. The van der Waals surface area contributed by atoms with Crippen LogP contribution in [0.2, 0.25) is 10.0 Å². The number of hydrogen-bond acceptors (Lipinski definition) is 5. The van der Waals surface area contributed by atoms with E-state index in [1.807, 2.05) is 31.2 Å². The van der Waals surface area contributed by atoms with Crippen molar-refractivity contribution in [3.05, 3.63) is 81.5 Å². The minimum atomic E-state index is -0.290. The second-order valence-electron chi connectivity index (χ2n) is 6.98. The van der Waals surface area contributed by atoms with Crippen LogP contribution in [-0.2, 0) is 13.0 Å². The predicted molar refractivity (Wildman–Crippen MR) is 121 cm³/mol. The van der Waals surface area contributed by atoms with E-state index in [4.69, 9.17) is 28.9 Å². The van der Waals surface area contributed by atoms with E-state index in [9.17, 15) is 4.79 Å². The number of aromatic nitrogens is 4. The smallest absolute Gasteiger partial charge is 0.271 e. The van der Waals surface area contributed by atoms with E-state index in [-0.39, 0.29) is 18.1 Å². The Morgan fingerprint density at radius 2 is 2.03 bits per heavy atom. The van der Waals surface area contributed by atoms with Crippen LogP contribution in [0, 0.1) is 6.92 Å². The molecule has 0 atom stereocenters. The first kappa shape index (κ1) is 21.2. The van der Waals surface area contributed by atoms with E-state index in [0.29, 0.717) is 28.8 Å². The van der Waals surface area contributed by atoms with E-state index in [1.165, 1.54) is 0 Å². The molecule has 4 aromatic rings. The molecule has 158 valence electrons. The molecule has 1 aromatic carbocycles. The van der Waals surface area contributed by atoms with Crippen molar-refractivity contribution in [3.8, 4) is 11.3 Å². The maximum absolute atomic E-state index is 12.7. The Kier molecular flexibility index (Phi) is 6.18. The summed E-state index contributed by atoms with van der Waals surface area (Å²) >= 11 is 12.5. The molecule has 3 N–H and O–H groups in total. The van der Waals surface area contributed by atoms with Gasteiger partial charge in [0.05, 0.1) is 10.7 Å². The Hall–Kier alpha value is -3.00. The fourth-order valence-corrected chi connectivity index (χ4v) is 3.91. The predicted octanol–water partition coefficient (Wildman–Crippen LogP) is 3.84. The molecular weight excluding hydrogens is 435 g/mol. The van der Waals surface area contributed by atoms with Crippen LogP contribution >= 0.6 is 23.2 Å². The summed E-state index contributed by atoms with van der Waals surface area (Å²) in [7, 11) is 0. The quantitative estimate of drug-likeness (QED) is 0.461. The second kappa shape index (κ2) is 9.01. The number of nitrogens with one attached hydrogen (secondary N) is 1. The van der Waals surface area contributed by atoms with Crippen molar-refractivity contribution in [1.29, 1.82) is 0 Å². The third kappa shape index (κ3) is 4.39. The minimum Gasteiger partial charge on any atom is -0.350 e. The SMILES string of the molecule is Cc1nc2nc(C(=O)NCCc3ccccn3)cn2c(-c2ccc(Cl)cc2Cl)c1CN. The molecule has 0 aliphatic carbocycles. The van der Waals surface area contributed by atoms with Gasteiger partial charge in [0.15, 0.2) is 0 Å². The maximum atomic E-state index is 12.7. The molecule has 0 aliphatic heterocycles. The van der Waals surface area contributed by atoms with Gasteiger partial charge in [0.1, 0.15) is 5.69 Å². The van der Waals surface area contributed by atoms with Gasteiger partial charge in [-0.2, -0.15) is 0 Å². The molecule has 0 spiro atoms. The number of amides is 1. The number of pyridine rings is 1. The summed E-state index contributed by atoms with van der Waals surface area (Å²) < 4.78 is 1.75. The number of halogens is 2. The van der Waals surface area contributed by atoms with Gasteiger partial charge in [-0.1, -0.05) is 29.3 Å². The molecule has 0 aliphatic rings. The Labute approximate surface area is 189 Å². The number of carbonyl (C=O) groups is 1. The molecule has 0 saturated heterocycles. The minimum absolute atomic E-state index is 0.257. The van der Waals surface area contributed by atoms with Crippen molar-refractivity contribution >= 4 is 34.9 Å². The first-order chi connectivity index (χ1) is 15.0. The van der Waals surface area contributed by atoms with E-state index >= 15 is 0 Å². The Morgan fingerprint density at radius 3 is 2.74 bits per heavy atom. The number of benzene rings is 1. The van der Waals surface area contributed by atoms with Gasteiger partial charge in [-0.25, -0.2) is 9.97 Å². The number of rotatable bonds is 6. The largest absolute Gasteiger partial charge is 0.350 e. The van der Waals surface area contributed by atoms with Gasteiger partial charge in [-0.3, -0.25) is 14.2 Å². The van der Waals surface area contributed by atoms with Crippen molar-refractivity contribution in [1.82, 2.24) is 24.7 Å². The molecule has 0 saturated carbocycles. The average Bonchev–Trinajstić information content (AvgIpc) is 3.17. The number of hydrogen-bond donors (Lipinski definition) is 2. The van der Waals surface area contributed by atoms with Gasteiger partial charge in [0.2, 0.25) is 5.78 Å². The van der Waals surface area contributed by atoms with Gasteiger partial charge in [0, 0.05) is 59.4 Å². The zero-order chi connectivity index (χ0) is 22.0. The highest BCUT2D eigenvalue weighted by molar-refractivity contribution is 6.36. The van der Waals surface area contributed by atoms with Crippen molar-refractivity contribution < 1.29 is 4.79 Å². The highest BCUT2D eigenvalue weighted by atomic mass is 35.5. The molecule has 0 fully saturated rings. The molecule has 1 amide bonds. The van der Waals surface area contributed by atoms with Gasteiger partial charge in [0.25, 0.3) is 5.91 Å². The summed E-state index contributed by atoms with van der Waals surface area (Å²) in [6.07, 6.45) is 4.00. The summed E-state index contributed by atoms with van der Waals surface area (Å²) in [5.74, 6) is 0.104. The molecule has 0 bridgehead atoms. The molecule has 3 aromatic heterocycles. The first-order valence-corrected chi connectivity index (χ1v) is 10.5. The van der Waals surface area contributed by atoms with Crippen LogP contribution in [0.1, 0.15) is 27.4 Å². The Bertz CT molecular complexity index is 1260. The zero-order valence-corrected chi connectivity index (χ0v) is 18.3. The summed E-state index contributed by atoms with van der Waals surface area (Å²) in [5, 5.41) is 3.89. The monoisotopic (exact) mass is 454 g/mol. The van der Waals surface area contributed by atoms with Crippen LogP contribution in [0.3, 0.4) is 0 Å². The van der Waals surface area contributed by atoms with Crippen LogP contribution < -0.4 is 11.1 Å². The zero-order valence-electron chi connectivity index (χ0n) is 16.8. The highest BCUT2D eigenvalue weighted by Gasteiger charge is 2.20. The van der Waals surface area contributed by atoms with Crippen LogP contribution in [0.25, 0.3) is 17.0 Å². The number of nitrogens with zero attached hydrogens (tertiary/aromatic N) is 4. The lowest BCUT2D eigenvalue weighted by atomic mass is 10.0. The van der Waals surface area contributed by atoms with Gasteiger partial charge < -0.3 is 11.1 Å². The average molecular weight is 455 g/mol. The van der Waals surface area contributed by atoms with Gasteiger partial charge in [-0.05, 0) is 37.3 Å². The number of nitrogens with two attached hydrogens (primary N) is 1. The fourth-order valence-electron chi connectivity index (χ4n) is 3.42. The summed E-state index contributed by atoms with van der Waals surface area (Å²) in [4.78, 5) is 25.9. The molecule has 9 heteroatoms. The van der Waals surface area contributed by atoms with E-state index in [2.05, 4.69) is 20.3 Å². The molecular formula is C22H20Cl2N6O. The van der Waals surface area contributed by atoms with Crippen molar-refractivity contribution in [2.75, 3.05) is 6.54 Å². The van der Waals surface area contributed by atoms with Crippen LogP contribution in [0.5, 0.6) is 0 Å². The summed E-state index contributed by atoms with van der Waals surface area (Å²) in [6.45, 7) is 2.56. The summed E-state index contributed by atoms with van der Waals surface area (Å²) in [6, 6.07) is 10.9. The third-order valence-electron chi connectivity index (χ3n) is 4.93. The third-order valence-corrected chi connectivity index (χ3v) is 5.48. The molecule has 0 radical (unpaired) electrons. The number of fused-ring (bicyclic) bond motifs is 1. The Balaban J connectivity index is 1.69. The topological polar surface area (TPSA) is 98.2 Å². The lowest BCUT2D eigenvalue weighted by Crippen LogP contribution is -2.26. The van der Waals surface area contributed by atoms with Crippen molar-refractivity contribution in [2.45, 2.75) is 19.9 Å². The number of carbonyl (C=O) groups excluding carboxylic acids is 1. The van der Waals surface area contributed by atoms with E-state index in [0.717, 1.165) is 28.2 Å². The number of imidazole rings is 1. The molecule has 3 heterocycles. The van der Waals surface area contributed by atoms with Gasteiger partial charge >= 0.3 is 0 Å². The fraction of sp³-hybridized carbons (Fsp3) is 0.182. The van der Waals surface area contributed by atoms with E-state index < -0.39 is 0 Å². The second-order valence-corrected chi connectivity index (χ2v) is 7.82. The first-order valence-electron chi connectivity index (χ1n) is 9.70. The highest BCUT2D eigenvalue weighted by Crippen LogP contribution is 2.34.